The summed E-state index contributed by atoms with van der Waals surface area (Å²) < 4.78 is 13.2. The van der Waals surface area contributed by atoms with Crippen LogP contribution in [-0.2, 0) is 11.2 Å². The highest BCUT2D eigenvalue weighted by Gasteiger charge is 2.15. The third-order valence-corrected chi connectivity index (χ3v) is 3.52. The molecule has 0 radical (unpaired) electrons. The number of aryl methyl sites for hydroxylation is 1. The molecule has 0 fully saturated rings. The number of Topliss-reactive ketones (excluding diaryl/α,β-unsaturated/α-hetero) is 1. The van der Waals surface area contributed by atoms with E-state index < -0.39 is 0 Å². The molecule has 0 bridgehead atoms. The van der Waals surface area contributed by atoms with Crippen LogP contribution in [0.5, 0.6) is 0 Å². The number of nitrogens with two attached hydrogens (primary N) is 1. The van der Waals surface area contributed by atoms with Crippen molar-refractivity contribution < 1.29 is 9.18 Å². The molecule has 2 unspecified atom stereocenters. The number of halogens is 1. The quantitative estimate of drug-likeness (QED) is 0.821. The topological polar surface area (TPSA) is 43.1 Å². The van der Waals surface area contributed by atoms with Crippen molar-refractivity contribution in [3.8, 4) is 0 Å². The van der Waals surface area contributed by atoms with Crippen LogP contribution < -0.4 is 5.73 Å². The average molecular weight is 265 g/mol. The molecule has 0 amide bonds. The molecule has 2 N–H and O–H groups in total. The first-order chi connectivity index (χ1) is 8.90. The van der Waals surface area contributed by atoms with E-state index in [0.29, 0.717) is 6.42 Å². The van der Waals surface area contributed by atoms with E-state index >= 15 is 0 Å². The van der Waals surface area contributed by atoms with Crippen LogP contribution >= 0.6 is 0 Å². The highest BCUT2D eigenvalue weighted by molar-refractivity contribution is 5.83. The van der Waals surface area contributed by atoms with Gasteiger partial charge in [-0.25, -0.2) is 4.39 Å². The zero-order valence-corrected chi connectivity index (χ0v) is 12.1. The molecule has 0 saturated heterocycles. The van der Waals surface area contributed by atoms with Crippen LogP contribution in [0.1, 0.15) is 44.2 Å². The molecule has 1 rings (SSSR count). The maximum absolute atomic E-state index is 13.2. The van der Waals surface area contributed by atoms with Crippen LogP contribution in [-0.4, -0.2) is 11.8 Å². The Morgan fingerprint density at radius 3 is 2.63 bits per heavy atom. The second kappa shape index (κ2) is 7.39. The van der Waals surface area contributed by atoms with Gasteiger partial charge in [0.1, 0.15) is 11.6 Å². The first-order valence-electron chi connectivity index (χ1n) is 6.93. The summed E-state index contributed by atoms with van der Waals surface area (Å²) in [6.07, 6.45) is 3.08. The van der Waals surface area contributed by atoms with E-state index in [0.717, 1.165) is 30.4 Å². The summed E-state index contributed by atoms with van der Waals surface area (Å²) >= 11 is 0. The van der Waals surface area contributed by atoms with Crippen molar-refractivity contribution in [2.75, 3.05) is 0 Å². The molecule has 0 aliphatic rings. The van der Waals surface area contributed by atoms with Crippen molar-refractivity contribution in [3.05, 3.63) is 35.1 Å². The van der Waals surface area contributed by atoms with Gasteiger partial charge in [0.05, 0.1) is 0 Å². The molecular weight excluding hydrogens is 241 g/mol. The molecule has 0 aliphatic carbocycles. The monoisotopic (exact) mass is 265 g/mol. The Morgan fingerprint density at radius 1 is 1.32 bits per heavy atom. The molecule has 2 nitrogen and oxygen atoms in total. The number of ketones is 1. The third kappa shape index (κ3) is 5.52. The summed E-state index contributed by atoms with van der Waals surface area (Å²) in [4.78, 5) is 12.1. The Labute approximate surface area is 115 Å². The number of rotatable bonds is 7. The Bertz CT molecular complexity index is 429. The van der Waals surface area contributed by atoms with Crippen molar-refractivity contribution >= 4 is 5.78 Å². The van der Waals surface area contributed by atoms with Crippen LogP contribution in [0.15, 0.2) is 18.2 Å². The lowest BCUT2D eigenvalue weighted by atomic mass is 9.92. The van der Waals surface area contributed by atoms with Crippen LogP contribution in [0, 0.1) is 18.7 Å². The zero-order chi connectivity index (χ0) is 14.4. The number of carbonyl (C=O) groups excluding carboxylic acids is 1. The molecule has 0 aromatic heterocycles. The smallest absolute Gasteiger partial charge is 0.140 e. The van der Waals surface area contributed by atoms with Gasteiger partial charge in [0.2, 0.25) is 0 Å². The van der Waals surface area contributed by atoms with Gasteiger partial charge in [0.25, 0.3) is 0 Å². The molecule has 0 heterocycles. The Hall–Kier alpha value is -1.22. The molecule has 1 aromatic carbocycles. The lowest BCUT2D eigenvalue weighted by Crippen LogP contribution is -2.17. The number of hydrogen-bond acceptors (Lipinski definition) is 2. The van der Waals surface area contributed by atoms with Crippen molar-refractivity contribution in [3.63, 3.8) is 0 Å². The maximum atomic E-state index is 13.2. The van der Waals surface area contributed by atoms with Crippen LogP contribution in [0.2, 0.25) is 0 Å². The van der Waals surface area contributed by atoms with Crippen LogP contribution in [0.25, 0.3) is 0 Å². The first-order valence-corrected chi connectivity index (χ1v) is 6.93. The highest BCUT2D eigenvalue weighted by Crippen LogP contribution is 2.16. The second-order valence-corrected chi connectivity index (χ2v) is 5.52. The third-order valence-electron chi connectivity index (χ3n) is 3.52. The van der Waals surface area contributed by atoms with E-state index in [9.17, 15) is 9.18 Å². The van der Waals surface area contributed by atoms with Gasteiger partial charge < -0.3 is 5.73 Å². The van der Waals surface area contributed by atoms with Gasteiger partial charge in [-0.2, -0.15) is 0 Å². The van der Waals surface area contributed by atoms with E-state index in [1.165, 1.54) is 12.1 Å². The molecule has 106 valence electrons. The van der Waals surface area contributed by atoms with Crippen molar-refractivity contribution in [2.45, 2.75) is 52.5 Å². The van der Waals surface area contributed by atoms with E-state index in [1.54, 1.807) is 6.07 Å². The van der Waals surface area contributed by atoms with E-state index in [1.807, 2.05) is 20.8 Å². The summed E-state index contributed by atoms with van der Waals surface area (Å²) in [5.74, 6) is -0.0854. The molecule has 0 saturated carbocycles. The van der Waals surface area contributed by atoms with Gasteiger partial charge >= 0.3 is 0 Å². The predicted molar refractivity (Wildman–Crippen MR) is 76.5 cm³/mol. The van der Waals surface area contributed by atoms with E-state index in [4.69, 9.17) is 5.73 Å². The van der Waals surface area contributed by atoms with Gasteiger partial charge in [0.15, 0.2) is 0 Å². The number of carbonyl (C=O) groups is 1. The lowest BCUT2D eigenvalue weighted by molar-refractivity contribution is -0.121. The minimum absolute atomic E-state index is 0.0152. The molecule has 1 aromatic rings. The van der Waals surface area contributed by atoms with Crippen LogP contribution in [0.4, 0.5) is 4.39 Å². The average Bonchev–Trinajstić information content (AvgIpc) is 2.33. The van der Waals surface area contributed by atoms with E-state index in [2.05, 4.69) is 0 Å². The minimum atomic E-state index is -0.280. The second-order valence-electron chi connectivity index (χ2n) is 5.52. The van der Waals surface area contributed by atoms with E-state index in [-0.39, 0.29) is 23.6 Å². The molecule has 19 heavy (non-hydrogen) atoms. The Balaban J connectivity index is 2.51. The zero-order valence-electron chi connectivity index (χ0n) is 12.1. The lowest BCUT2D eigenvalue weighted by Gasteiger charge is -2.12. The normalized spacial score (nSPS) is 14.2. The van der Waals surface area contributed by atoms with Crippen molar-refractivity contribution in [1.29, 1.82) is 0 Å². The molecule has 3 heteroatoms. The van der Waals surface area contributed by atoms with Gasteiger partial charge in [-0.1, -0.05) is 19.4 Å². The highest BCUT2D eigenvalue weighted by atomic mass is 19.1. The number of benzene rings is 1. The van der Waals surface area contributed by atoms with Gasteiger partial charge in [-0.3, -0.25) is 4.79 Å². The van der Waals surface area contributed by atoms with Crippen molar-refractivity contribution in [1.82, 2.24) is 0 Å². The largest absolute Gasteiger partial charge is 0.328 e. The van der Waals surface area contributed by atoms with Gasteiger partial charge in [-0.05, 0) is 49.9 Å². The van der Waals surface area contributed by atoms with Crippen LogP contribution in [0.3, 0.4) is 0 Å². The molecule has 0 spiro atoms. The summed E-state index contributed by atoms with van der Waals surface area (Å²) in [5, 5.41) is 0. The fourth-order valence-electron chi connectivity index (χ4n) is 2.10. The van der Waals surface area contributed by atoms with Gasteiger partial charge in [-0.15, -0.1) is 0 Å². The first kappa shape index (κ1) is 15.8. The van der Waals surface area contributed by atoms with Crippen molar-refractivity contribution in [2.24, 2.45) is 11.7 Å². The molecule has 0 aliphatic heterocycles. The summed E-state index contributed by atoms with van der Waals surface area (Å²) in [7, 11) is 0. The predicted octanol–water partition coefficient (Wildman–Crippen LogP) is 3.40. The SMILES string of the molecule is Cc1ccc(F)cc1CC(=O)C(C)CCCC(C)N. The fourth-order valence-corrected chi connectivity index (χ4v) is 2.10. The summed E-state index contributed by atoms with van der Waals surface area (Å²) in [6, 6.07) is 4.79. The Morgan fingerprint density at radius 2 is 2.00 bits per heavy atom. The van der Waals surface area contributed by atoms with Gasteiger partial charge in [0, 0.05) is 18.4 Å². The number of hydrogen-bond donors (Lipinski definition) is 1. The Kier molecular flexibility index (Phi) is 6.16. The molecular formula is C16H24FNO. The summed E-state index contributed by atoms with van der Waals surface area (Å²) in [5.41, 5.74) is 7.45. The molecule has 2 atom stereocenters. The fraction of sp³-hybridized carbons (Fsp3) is 0.562. The minimum Gasteiger partial charge on any atom is -0.328 e. The maximum Gasteiger partial charge on any atom is 0.140 e. The summed E-state index contributed by atoms with van der Waals surface area (Å²) in [6.45, 7) is 5.82. The standard InChI is InChI=1S/C16H24FNO/c1-11-7-8-15(17)9-14(11)10-16(19)12(2)5-4-6-13(3)18/h7-9,12-13H,4-6,10,18H2,1-3H3.